The van der Waals surface area contributed by atoms with Gasteiger partial charge >= 0.3 is 5.97 Å². The number of rotatable bonds is 7. The van der Waals surface area contributed by atoms with Crippen LogP contribution in [0.5, 0.6) is 11.5 Å². The van der Waals surface area contributed by atoms with Crippen molar-refractivity contribution in [2.75, 3.05) is 32.3 Å². The zero-order valence-electron chi connectivity index (χ0n) is 23.8. The molecule has 2 unspecified atom stereocenters. The number of carbonyl (C=O) groups is 2. The number of benzene rings is 3. The van der Waals surface area contributed by atoms with E-state index in [9.17, 15) is 18.0 Å². The van der Waals surface area contributed by atoms with Gasteiger partial charge in [0.1, 0.15) is 6.04 Å². The second-order valence-electron chi connectivity index (χ2n) is 10.3. The number of ether oxygens (including phenoxy) is 3. The zero-order chi connectivity index (χ0) is 29.5. The molecule has 0 saturated carbocycles. The summed E-state index contributed by atoms with van der Waals surface area (Å²) in [5, 5.41) is 0. The third-order valence-corrected chi connectivity index (χ3v) is 10.0. The lowest BCUT2D eigenvalue weighted by Gasteiger charge is -2.40. The number of aryl methyl sites for hydroxylation is 1. The number of esters is 1. The van der Waals surface area contributed by atoms with Crippen LogP contribution in [0.15, 0.2) is 71.6 Å². The molecule has 2 heterocycles. The van der Waals surface area contributed by atoms with Gasteiger partial charge in [0.15, 0.2) is 11.5 Å². The first-order valence-corrected chi connectivity index (χ1v) is 14.9. The summed E-state index contributed by atoms with van der Waals surface area (Å²) in [6.45, 7) is 5.17. The van der Waals surface area contributed by atoms with Crippen LogP contribution in [0, 0.1) is 6.92 Å². The zero-order valence-corrected chi connectivity index (χ0v) is 24.6. The van der Waals surface area contributed by atoms with Crippen molar-refractivity contribution in [3.63, 3.8) is 0 Å². The van der Waals surface area contributed by atoms with E-state index in [-0.39, 0.29) is 30.4 Å². The van der Waals surface area contributed by atoms with Crippen molar-refractivity contribution >= 4 is 27.6 Å². The van der Waals surface area contributed by atoms with E-state index in [4.69, 9.17) is 14.2 Å². The predicted molar refractivity (Wildman–Crippen MR) is 154 cm³/mol. The average Bonchev–Trinajstić information content (AvgIpc) is 3.50. The highest BCUT2D eigenvalue weighted by Gasteiger charge is 2.66. The maximum Gasteiger partial charge on any atom is 0.325 e. The summed E-state index contributed by atoms with van der Waals surface area (Å²) < 4.78 is 46.2. The summed E-state index contributed by atoms with van der Waals surface area (Å²) in [7, 11) is -1.06. The molecule has 41 heavy (non-hydrogen) atoms. The third-order valence-electron chi connectivity index (χ3n) is 8.13. The number of fused-ring (bicyclic) bond motifs is 2. The van der Waals surface area contributed by atoms with Gasteiger partial charge in [0, 0.05) is 19.2 Å². The van der Waals surface area contributed by atoms with Crippen molar-refractivity contribution in [3.8, 4) is 11.5 Å². The van der Waals surface area contributed by atoms with Crippen molar-refractivity contribution < 1.29 is 32.2 Å². The van der Waals surface area contributed by atoms with E-state index >= 15 is 0 Å². The normalized spacial score (nSPS) is 22.0. The van der Waals surface area contributed by atoms with Gasteiger partial charge in [-0.05, 0) is 61.7 Å². The van der Waals surface area contributed by atoms with Crippen LogP contribution >= 0.6 is 0 Å². The minimum atomic E-state index is -4.12. The number of para-hydroxylation sites is 1. The van der Waals surface area contributed by atoms with E-state index in [0.717, 1.165) is 11.1 Å². The number of methoxy groups -OCH3 is 2. The molecule has 2 aliphatic rings. The molecule has 1 saturated heterocycles. The van der Waals surface area contributed by atoms with Crippen LogP contribution in [0.4, 0.5) is 5.69 Å². The van der Waals surface area contributed by atoms with Gasteiger partial charge in [0.25, 0.3) is 0 Å². The summed E-state index contributed by atoms with van der Waals surface area (Å²) in [4.78, 5) is 29.1. The SMILES string of the molecule is CCOC(=O)C1N(S(=O)(=O)c2ccc(C)cc2)CC[C@]12c1ccccc1N(C(C)=O)C2c1ccc(OC)c(OC)c1. The van der Waals surface area contributed by atoms with Crippen LogP contribution < -0.4 is 14.4 Å². The van der Waals surface area contributed by atoms with Crippen LogP contribution in [0.3, 0.4) is 0 Å². The molecular weight excluding hydrogens is 544 g/mol. The lowest BCUT2D eigenvalue weighted by atomic mass is 9.68. The Hall–Kier alpha value is -3.89. The molecular formula is C31H34N2O7S. The first-order valence-electron chi connectivity index (χ1n) is 13.5. The first-order chi connectivity index (χ1) is 19.6. The van der Waals surface area contributed by atoms with Gasteiger partial charge in [0.2, 0.25) is 15.9 Å². The van der Waals surface area contributed by atoms with E-state index in [1.165, 1.54) is 25.4 Å². The molecule has 1 amide bonds. The fourth-order valence-corrected chi connectivity index (χ4v) is 8.09. The summed E-state index contributed by atoms with van der Waals surface area (Å²) in [6.07, 6.45) is 0.279. The molecule has 10 heteroatoms. The Balaban J connectivity index is 1.79. The highest BCUT2D eigenvalue weighted by Crippen LogP contribution is 2.61. The molecule has 0 radical (unpaired) electrons. The van der Waals surface area contributed by atoms with Gasteiger partial charge in [-0.2, -0.15) is 4.31 Å². The van der Waals surface area contributed by atoms with Crippen molar-refractivity contribution in [1.82, 2.24) is 4.31 Å². The summed E-state index contributed by atoms with van der Waals surface area (Å²) in [5.41, 5.74) is 1.79. The van der Waals surface area contributed by atoms with E-state index in [1.54, 1.807) is 48.2 Å². The van der Waals surface area contributed by atoms with Crippen LogP contribution in [0.25, 0.3) is 0 Å². The van der Waals surface area contributed by atoms with E-state index in [1.807, 2.05) is 37.3 Å². The van der Waals surface area contributed by atoms with Crippen molar-refractivity contribution in [2.45, 2.75) is 49.6 Å². The second kappa shape index (κ2) is 10.8. The Morgan fingerprint density at radius 1 is 0.976 bits per heavy atom. The number of anilines is 1. The molecule has 1 spiro atoms. The van der Waals surface area contributed by atoms with Crippen molar-refractivity contribution in [1.29, 1.82) is 0 Å². The Bertz CT molecular complexity index is 1590. The quantitative estimate of drug-likeness (QED) is 0.384. The number of hydrogen-bond donors (Lipinski definition) is 0. The van der Waals surface area contributed by atoms with Crippen molar-refractivity contribution in [3.05, 3.63) is 83.4 Å². The number of carbonyl (C=O) groups excluding carboxylic acids is 2. The molecule has 3 aromatic carbocycles. The molecule has 1 fully saturated rings. The van der Waals surface area contributed by atoms with Crippen LogP contribution in [0.2, 0.25) is 0 Å². The van der Waals surface area contributed by atoms with Gasteiger partial charge < -0.3 is 19.1 Å². The number of hydrogen-bond acceptors (Lipinski definition) is 7. The minimum Gasteiger partial charge on any atom is -0.493 e. The molecule has 3 aromatic rings. The minimum absolute atomic E-state index is 0.0591. The molecule has 0 bridgehead atoms. The summed E-state index contributed by atoms with van der Waals surface area (Å²) >= 11 is 0. The Labute approximate surface area is 240 Å². The fraction of sp³-hybridized carbons (Fsp3) is 0.355. The molecule has 0 aliphatic carbocycles. The monoisotopic (exact) mass is 578 g/mol. The Morgan fingerprint density at radius 3 is 2.29 bits per heavy atom. The first kappa shape index (κ1) is 28.6. The Kier molecular flexibility index (Phi) is 7.56. The molecule has 216 valence electrons. The topological polar surface area (TPSA) is 102 Å². The largest absolute Gasteiger partial charge is 0.493 e. The highest BCUT2D eigenvalue weighted by molar-refractivity contribution is 7.89. The molecule has 9 nitrogen and oxygen atoms in total. The fourth-order valence-electron chi connectivity index (χ4n) is 6.45. The number of sulfonamides is 1. The van der Waals surface area contributed by atoms with Crippen molar-refractivity contribution in [2.24, 2.45) is 0 Å². The maximum absolute atomic E-state index is 14.2. The van der Waals surface area contributed by atoms with Gasteiger partial charge in [0.05, 0.1) is 37.2 Å². The molecule has 3 atom stereocenters. The smallest absolute Gasteiger partial charge is 0.325 e. The van der Waals surface area contributed by atoms with E-state index < -0.39 is 33.5 Å². The van der Waals surface area contributed by atoms with Crippen LogP contribution in [0.1, 0.15) is 43.0 Å². The molecule has 0 N–H and O–H groups in total. The molecule has 2 aliphatic heterocycles. The number of nitrogens with zero attached hydrogens (tertiary/aromatic N) is 2. The standard InChI is InChI=1S/C31H34N2O7S/c1-6-40-30(35)29-31(17-18-32(29)41(36,37)23-14-11-20(2)12-15-23)24-9-7-8-10-25(24)33(21(3)34)28(31)22-13-16-26(38-4)27(19-22)39-5/h7-16,19,28-29H,6,17-18H2,1-5H3/t28?,29?,31-/m1/s1. The highest BCUT2D eigenvalue weighted by atomic mass is 32.2. The van der Waals surface area contributed by atoms with Gasteiger partial charge in [-0.3, -0.25) is 9.59 Å². The predicted octanol–water partition coefficient (Wildman–Crippen LogP) is 4.38. The summed E-state index contributed by atoms with van der Waals surface area (Å²) in [5.74, 6) is 0.0597. The lowest BCUT2D eigenvalue weighted by Crippen LogP contribution is -2.54. The van der Waals surface area contributed by atoms with E-state index in [2.05, 4.69) is 0 Å². The lowest BCUT2D eigenvalue weighted by molar-refractivity contribution is -0.149. The van der Waals surface area contributed by atoms with Gasteiger partial charge in [-0.15, -0.1) is 0 Å². The second-order valence-corrected chi connectivity index (χ2v) is 12.2. The Morgan fingerprint density at radius 2 is 1.66 bits per heavy atom. The number of amides is 1. The summed E-state index contributed by atoms with van der Waals surface area (Å²) in [6, 6.07) is 17.3. The van der Waals surface area contributed by atoms with Gasteiger partial charge in [-0.1, -0.05) is 42.0 Å². The van der Waals surface area contributed by atoms with Gasteiger partial charge in [-0.25, -0.2) is 8.42 Å². The maximum atomic E-state index is 14.2. The molecule has 5 rings (SSSR count). The molecule has 0 aromatic heterocycles. The van der Waals surface area contributed by atoms with E-state index in [0.29, 0.717) is 22.7 Å². The van der Waals surface area contributed by atoms with Crippen LogP contribution in [-0.2, 0) is 29.8 Å². The van der Waals surface area contributed by atoms with Crippen LogP contribution in [-0.4, -0.2) is 58.0 Å². The average molecular weight is 579 g/mol. The third kappa shape index (κ3) is 4.46.